The Balaban J connectivity index is 1.95. The second-order valence-corrected chi connectivity index (χ2v) is 7.70. The Morgan fingerprint density at radius 3 is 2.96 bits per heavy atom. The van der Waals surface area contributed by atoms with E-state index in [0.29, 0.717) is 18.1 Å². The average molecular weight is 389 g/mol. The summed E-state index contributed by atoms with van der Waals surface area (Å²) < 4.78 is 31.4. The Morgan fingerprint density at radius 1 is 1.56 bits per heavy atom. The molecule has 2 heterocycles. The van der Waals surface area contributed by atoms with Gasteiger partial charge in [0.25, 0.3) is 15.9 Å². The van der Waals surface area contributed by atoms with Crippen molar-refractivity contribution in [3.05, 3.63) is 28.4 Å². The van der Waals surface area contributed by atoms with Crippen LogP contribution in [0.2, 0.25) is 0 Å². The largest absolute Gasteiger partial charge is 0.447 e. The van der Waals surface area contributed by atoms with Gasteiger partial charge in [0.15, 0.2) is 17.1 Å². The SMILES string of the molecule is Cc1ncoc1CSCCN=C1NS(=O)(=O)C(C(=O)NCCO)=C1N. The van der Waals surface area contributed by atoms with E-state index < -0.39 is 20.8 Å². The van der Waals surface area contributed by atoms with Crippen molar-refractivity contribution in [1.82, 2.24) is 15.0 Å². The first kappa shape index (κ1) is 19.3. The predicted molar refractivity (Wildman–Crippen MR) is 93.1 cm³/mol. The van der Waals surface area contributed by atoms with Gasteiger partial charge in [0.05, 0.1) is 24.6 Å². The third-order valence-corrected chi connectivity index (χ3v) is 5.53. The Morgan fingerprint density at radius 2 is 2.32 bits per heavy atom. The number of aryl methyl sites for hydroxylation is 1. The van der Waals surface area contributed by atoms with Crippen molar-refractivity contribution in [2.75, 3.05) is 25.4 Å². The van der Waals surface area contributed by atoms with E-state index in [9.17, 15) is 13.2 Å². The fraction of sp³-hybridized carbons (Fsp3) is 0.462. The van der Waals surface area contributed by atoms with Gasteiger partial charge in [0.2, 0.25) is 0 Å². The molecule has 0 spiro atoms. The molecule has 0 saturated carbocycles. The molecule has 1 aromatic heterocycles. The van der Waals surface area contributed by atoms with E-state index in [1.54, 1.807) is 11.8 Å². The number of nitrogens with one attached hydrogen (secondary N) is 2. The number of oxazole rings is 1. The first-order valence-corrected chi connectivity index (χ1v) is 9.93. The van der Waals surface area contributed by atoms with Crippen LogP contribution in [0.4, 0.5) is 0 Å². The average Bonchev–Trinajstić information content (AvgIpc) is 3.05. The molecule has 12 heteroatoms. The molecule has 0 radical (unpaired) electrons. The second kappa shape index (κ2) is 8.36. The van der Waals surface area contributed by atoms with E-state index in [1.165, 1.54) is 6.39 Å². The molecule has 1 amide bonds. The Bertz CT molecular complexity index is 799. The number of hydrogen-bond donors (Lipinski definition) is 4. The summed E-state index contributed by atoms with van der Waals surface area (Å²) in [5.41, 5.74) is 6.33. The highest BCUT2D eigenvalue weighted by atomic mass is 32.2. The highest BCUT2D eigenvalue weighted by Gasteiger charge is 2.37. The molecule has 5 N–H and O–H groups in total. The number of amides is 1. The third kappa shape index (κ3) is 4.74. The number of nitrogens with zero attached hydrogens (tertiary/aromatic N) is 2. The van der Waals surface area contributed by atoms with Crippen molar-refractivity contribution in [2.24, 2.45) is 10.7 Å². The van der Waals surface area contributed by atoms with Crippen LogP contribution in [0, 0.1) is 6.92 Å². The van der Waals surface area contributed by atoms with Crippen LogP contribution in [-0.4, -0.2) is 55.7 Å². The maximum atomic E-state index is 12.0. The summed E-state index contributed by atoms with van der Waals surface area (Å²) >= 11 is 1.55. The molecule has 1 aromatic rings. The number of aliphatic hydroxyl groups is 1. The number of amidine groups is 1. The van der Waals surface area contributed by atoms with Gasteiger partial charge in [-0.15, -0.1) is 0 Å². The Hall–Kier alpha value is -2.05. The number of aliphatic hydroxyl groups excluding tert-OH is 1. The molecule has 1 aliphatic rings. The van der Waals surface area contributed by atoms with E-state index in [-0.39, 0.29) is 24.7 Å². The lowest BCUT2D eigenvalue weighted by Gasteiger charge is -2.03. The number of aliphatic imine (C=N–C) groups is 1. The van der Waals surface area contributed by atoms with E-state index >= 15 is 0 Å². The molecule has 10 nitrogen and oxygen atoms in total. The van der Waals surface area contributed by atoms with E-state index in [1.807, 2.05) is 6.92 Å². The van der Waals surface area contributed by atoms with Crippen LogP contribution in [0.5, 0.6) is 0 Å². The number of carbonyl (C=O) groups excluding carboxylic acids is 1. The Kier molecular flexibility index (Phi) is 6.45. The summed E-state index contributed by atoms with van der Waals surface area (Å²) in [5, 5.41) is 11.0. The lowest BCUT2D eigenvalue weighted by Crippen LogP contribution is -2.32. The van der Waals surface area contributed by atoms with Gasteiger partial charge in [-0.25, -0.2) is 13.4 Å². The van der Waals surface area contributed by atoms with Crippen molar-refractivity contribution in [2.45, 2.75) is 12.7 Å². The standard InChI is InChI=1S/C13H19N5O5S2/c1-8-9(23-7-17-8)6-24-5-3-15-12-10(14)11(25(21,22)18-12)13(20)16-2-4-19/h7,19H,2-6,14H2,1H3,(H,15,18)(H,16,20). The minimum absolute atomic E-state index is 0.0504. The van der Waals surface area contributed by atoms with E-state index in [4.69, 9.17) is 15.3 Å². The lowest BCUT2D eigenvalue weighted by molar-refractivity contribution is -0.117. The van der Waals surface area contributed by atoms with Crippen molar-refractivity contribution in [3.8, 4) is 0 Å². The lowest BCUT2D eigenvalue weighted by atomic mass is 10.3. The number of hydrogen-bond acceptors (Lipinski definition) is 9. The molecule has 0 fully saturated rings. The van der Waals surface area contributed by atoms with Gasteiger partial charge in [0.1, 0.15) is 11.5 Å². The van der Waals surface area contributed by atoms with Crippen molar-refractivity contribution in [3.63, 3.8) is 0 Å². The maximum Gasteiger partial charge on any atom is 0.270 e. The van der Waals surface area contributed by atoms with Crippen molar-refractivity contribution < 1.29 is 22.7 Å². The molecule has 0 aliphatic carbocycles. The number of rotatable bonds is 8. The minimum atomic E-state index is -4.05. The van der Waals surface area contributed by atoms with Crippen LogP contribution in [0.15, 0.2) is 26.4 Å². The van der Waals surface area contributed by atoms with Gasteiger partial charge >= 0.3 is 0 Å². The number of thioether (sulfide) groups is 1. The molecule has 25 heavy (non-hydrogen) atoms. The van der Waals surface area contributed by atoms with Gasteiger partial charge in [-0.1, -0.05) is 0 Å². The Labute approximate surface area is 149 Å². The molecule has 138 valence electrons. The van der Waals surface area contributed by atoms with Gasteiger partial charge in [-0.2, -0.15) is 11.8 Å². The molecule has 0 atom stereocenters. The quantitative estimate of drug-likeness (QED) is 0.404. The topological polar surface area (TPSA) is 160 Å². The molecule has 2 rings (SSSR count). The summed E-state index contributed by atoms with van der Waals surface area (Å²) in [6, 6.07) is 0. The minimum Gasteiger partial charge on any atom is -0.447 e. The highest BCUT2D eigenvalue weighted by Crippen LogP contribution is 2.18. The summed E-state index contributed by atoms with van der Waals surface area (Å²) in [6.45, 7) is 1.77. The molecule has 0 saturated heterocycles. The fourth-order valence-electron chi connectivity index (χ4n) is 1.95. The van der Waals surface area contributed by atoms with Crippen LogP contribution in [0.25, 0.3) is 0 Å². The first-order chi connectivity index (χ1) is 11.9. The molecule has 0 bridgehead atoms. The van der Waals surface area contributed by atoms with E-state index in [2.05, 4.69) is 20.0 Å². The molecule has 0 unspecified atom stereocenters. The molecule has 1 aliphatic heterocycles. The van der Waals surface area contributed by atoms with Crippen LogP contribution >= 0.6 is 11.8 Å². The monoisotopic (exact) mass is 389 g/mol. The zero-order valence-electron chi connectivity index (χ0n) is 13.5. The summed E-state index contributed by atoms with van der Waals surface area (Å²) in [7, 11) is -4.05. The maximum absolute atomic E-state index is 12.0. The number of aromatic nitrogens is 1. The van der Waals surface area contributed by atoms with Crippen molar-refractivity contribution >= 4 is 33.5 Å². The number of carbonyl (C=O) groups is 1. The zero-order chi connectivity index (χ0) is 18.4. The van der Waals surface area contributed by atoms with Gasteiger partial charge in [-0.05, 0) is 6.92 Å². The van der Waals surface area contributed by atoms with Gasteiger partial charge < -0.3 is 20.6 Å². The van der Waals surface area contributed by atoms with Gasteiger partial charge in [-0.3, -0.25) is 14.5 Å². The van der Waals surface area contributed by atoms with Crippen LogP contribution in [-0.2, 0) is 20.6 Å². The fourth-order valence-corrected chi connectivity index (χ4v) is 4.01. The summed E-state index contributed by atoms with van der Waals surface area (Å²) in [4.78, 5) is 19.4. The first-order valence-electron chi connectivity index (χ1n) is 7.30. The second-order valence-electron chi connectivity index (χ2n) is 4.97. The zero-order valence-corrected chi connectivity index (χ0v) is 15.1. The van der Waals surface area contributed by atoms with Crippen LogP contribution < -0.4 is 15.8 Å². The molecular weight excluding hydrogens is 370 g/mol. The number of sulfonamides is 1. The molecule has 0 aromatic carbocycles. The molecular formula is C13H19N5O5S2. The number of nitrogens with two attached hydrogens (primary N) is 1. The van der Waals surface area contributed by atoms with Crippen LogP contribution in [0.3, 0.4) is 0 Å². The van der Waals surface area contributed by atoms with Crippen molar-refractivity contribution in [1.29, 1.82) is 0 Å². The summed E-state index contributed by atoms with van der Waals surface area (Å²) in [6.07, 6.45) is 1.38. The summed E-state index contributed by atoms with van der Waals surface area (Å²) in [5.74, 6) is 1.08. The van der Waals surface area contributed by atoms with E-state index in [0.717, 1.165) is 11.5 Å². The highest BCUT2D eigenvalue weighted by molar-refractivity contribution is 7.98. The normalized spacial score (nSPS) is 17.8. The van der Waals surface area contributed by atoms with Crippen LogP contribution in [0.1, 0.15) is 11.5 Å². The third-order valence-electron chi connectivity index (χ3n) is 3.19. The predicted octanol–water partition coefficient (Wildman–Crippen LogP) is -1.17. The smallest absolute Gasteiger partial charge is 0.270 e. The van der Waals surface area contributed by atoms with Gasteiger partial charge in [0, 0.05) is 12.3 Å².